The van der Waals surface area contributed by atoms with Crippen molar-refractivity contribution in [3.8, 4) is 0 Å². The summed E-state index contributed by atoms with van der Waals surface area (Å²) in [6, 6.07) is 2.39. The molecule has 41 heteroatoms. The Labute approximate surface area is 384 Å². The molecule has 69 heavy (non-hydrogen) atoms. The van der Waals surface area contributed by atoms with Gasteiger partial charge in [-0.1, -0.05) is 0 Å². The van der Waals surface area contributed by atoms with Crippen molar-refractivity contribution in [2.45, 2.75) is 73.6 Å². The monoisotopic (exact) mass is 1090 g/mol. The van der Waals surface area contributed by atoms with E-state index in [9.17, 15) is 67.8 Å². The maximum Gasteiger partial charge on any atom is 0.708 e. The number of fused-ring (bicyclic) bond motifs is 1. The fourth-order valence-electron chi connectivity index (χ4n) is 6.21. The third-order valence-corrected chi connectivity index (χ3v) is 13.2. The van der Waals surface area contributed by atoms with Gasteiger partial charge in [0, 0.05) is 45.3 Å². The fourth-order valence-corrected chi connectivity index (χ4v) is 8.99. The molecule has 17 unspecified atom stereocenters. The molecule has 378 valence electrons. The van der Waals surface area contributed by atoms with E-state index in [0.717, 1.165) is 21.4 Å². The van der Waals surface area contributed by atoms with E-state index in [1.807, 2.05) is 4.98 Å². The van der Waals surface area contributed by atoms with Crippen LogP contribution in [0.15, 0.2) is 51.6 Å². The molecule has 3 fully saturated rings. The molecule has 36 nitrogen and oxygen atoms in total. The Morgan fingerprint density at radius 3 is 1.65 bits per heavy atom. The highest BCUT2D eigenvalue weighted by Gasteiger charge is 2.50. The van der Waals surface area contributed by atoms with Gasteiger partial charge in [-0.3, -0.25) is 28.4 Å². The Kier molecular flexibility index (Phi) is 19.4. The Hall–Kier alpha value is -4.38. The molecule has 3 aliphatic rings. The lowest BCUT2D eigenvalue weighted by atomic mass is 10.1. The molecule has 0 aliphatic carbocycles. The predicted octanol–water partition coefficient (Wildman–Crippen LogP) is -4.58. The molecular weight excluding hydrogens is 1050 g/mol. The maximum absolute atomic E-state index is 11.6. The van der Waals surface area contributed by atoms with Gasteiger partial charge < -0.3 is 56.3 Å². The molecule has 0 aromatic carbocycles. The molecule has 0 bridgehead atoms. The minimum atomic E-state index is -5.11. The van der Waals surface area contributed by atoms with Gasteiger partial charge >= 0.3 is 52.2 Å². The number of nitrogens with two attached hydrogens (primary N) is 2. The van der Waals surface area contributed by atoms with Crippen LogP contribution >= 0.6 is 40.8 Å². The minimum absolute atomic E-state index is 0.0106. The number of phosphoric acid groups is 1. The number of hydrogen-bond donors (Lipinski definition) is 13. The first-order chi connectivity index (χ1) is 32.4. The average Bonchev–Trinajstić information content (AvgIpc) is 3.98. The van der Waals surface area contributed by atoms with E-state index in [1.165, 1.54) is 29.5 Å². The van der Waals surface area contributed by atoms with Crippen molar-refractivity contribution < 1.29 is 109 Å². The summed E-state index contributed by atoms with van der Waals surface area (Å²) in [5, 5.41) is 59.6. The van der Waals surface area contributed by atoms with Crippen molar-refractivity contribution in [2.24, 2.45) is 0 Å². The molecule has 0 spiro atoms. The SMILES string of the molecule is Nc1ccn(C2OC(CO[P+](=O)O)C(O)C2O)c(=O)n1.Nc1ncnc2c1ncn2C1OC(CO[P+](=O)OP(=O)(O)O[P+](=O)O)C(O)C1O.O=c1ccn(C2OC(CO[P+](=O)O)C(O)C2O)c(=O)[nH]1. The molecular formula is C28H39N10O26P5+4. The van der Waals surface area contributed by atoms with Crippen LogP contribution in [-0.2, 0) is 59.2 Å². The second-order valence-electron chi connectivity index (χ2n) is 13.7. The van der Waals surface area contributed by atoms with Crippen molar-refractivity contribution in [2.75, 3.05) is 31.3 Å². The largest absolute Gasteiger partial charge is 0.708 e. The molecule has 0 radical (unpaired) electrons. The number of aromatic nitrogens is 8. The number of ether oxygens (including phenoxy) is 3. The van der Waals surface area contributed by atoms with Gasteiger partial charge in [-0.25, -0.2) is 29.1 Å². The standard InChI is InChI=1S/C10H12N5O11P3.C9H12N3O7P.C9H11N2O8P/c11-8-5-9(13-2-12-8)15(3-14-5)10-7(17)6(16)4(24-10)1-23-28(20)26-29(21,22)25-27(18)19;10-5-1-2-12(9(15)11-5)8-7(14)6(13)4(19-8)3-18-20(16)17;12-5-1-2-11(9(15)10-5)8-7(14)6(13)4(19-8)3-18-20(16)17/h2-4,6-7,10,16-17H,1H2,(H2-2,11,12,13,18,19,21,22);1-2,4,6-8,13-14H,3H2,(H2-,10,11,15,16,17);1-2,4,6-8,13-14H,3H2,(H-,10,12,15,16,17)/p+4. The van der Waals surface area contributed by atoms with Crippen LogP contribution in [0.2, 0.25) is 0 Å². The summed E-state index contributed by atoms with van der Waals surface area (Å²) in [4.78, 5) is 85.9. The fraction of sp³-hybridized carbons (Fsp3) is 0.536. The summed E-state index contributed by atoms with van der Waals surface area (Å²) < 4.78 is 94.4. The van der Waals surface area contributed by atoms with Crippen LogP contribution in [-0.4, -0.2) is 164 Å². The average molecular weight is 1090 g/mol. The molecule has 4 aromatic rings. The lowest BCUT2D eigenvalue weighted by molar-refractivity contribution is -0.0517. The van der Waals surface area contributed by atoms with Crippen molar-refractivity contribution in [3.63, 3.8) is 0 Å². The normalized spacial score (nSPS) is 29.3. The van der Waals surface area contributed by atoms with E-state index in [4.69, 9.17) is 45.3 Å². The smallest absolute Gasteiger partial charge is 0.387 e. The predicted molar refractivity (Wildman–Crippen MR) is 219 cm³/mol. The number of aliphatic hydroxyl groups excluding tert-OH is 6. The van der Waals surface area contributed by atoms with Gasteiger partial charge in [0.2, 0.25) is 0 Å². The number of hydrogen-bond acceptors (Lipinski definition) is 28. The number of imidazole rings is 1. The minimum Gasteiger partial charge on any atom is -0.387 e. The lowest BCUT2D eigenvalue weighted by Crippen LogP contribution is -2.37. The quantitative estimate of drug-likeness (QED) is 0.0470. The molecule has 3 saturated heterocycles. The van der Waals surface area contributed by atoms with E-state index < -0.39 is 151 Å². The first-order valence-corrected chi connectivity index (χ1v) is 24.6. The van der Waals surface area contributed by atoms with Gasteiger partial charge in [-0.2, -0.15) is 4.98 Å². The first kappa shape index (κ1) is 55.5. The van der Waals surface area contributed by atoms with Gasteiger partial charge in [-0.05, 0) is 6.07 Å². The summed E-state index contributed by atoms with van der Waals surface area (Å²) in [5.74, 6) is 0.104. The number of H-pyrrole nitrogens is 1. The highest BCUT2D eigenvalue weighted by Crippen LogP contribution is 2.57. The topological polar surface area (TPSA) is 547 Å². The molecule has 4 aromatic heterocycles. The Bertz CT molecular complexity index is 2730. The van der Waals surface area contributed by atoms with Gasteiger partial charge in [0.15, 0.2) is 30.1 Å². The van der Waals surface area contributed by atoms with Gasteiger partial charge in [0.1, 0.15) is 92.4 Å². The number of anilines is 2. The van der Waals surface area contributed by atoms with Gasteiger partial charge in [0.25, 0.3) is 5.56 Å². The third-order valence-electron chi connectivity index (χ3n) is 9.31. The number of rotatable bonds is 16. The molecule has 0 saturated carbocycles. The van der Waals surface area contributed by atoms with Crippen LogP contribution in [0.4, 0.5) is 11.6 Å². The molecule has 0 amide bonds. The van der Waals surface area contributed by atoms with Crippen molar-refractivity contribution >= 4 is 63.6 Å². The van der Waals surface area contributed by atoms with Crippen molar-refractivity contribution in [1.29, 1.82) is 0 Å². The van der Waals surface area contributed by atoms with E-state index >= 15 is 0 Å². The van der Waals surface area contributed by atoms with E-state index in [2.05, 4.69) is 42.1 Å². The first-order valence-electron chi connectivity index (χ1n) is 18.6. The summed E-state index contributed by atoms with van der Waals surface area (Å²) in [6.07, 6.45) is -10.8. The second-order valence-corrected chi connectivity index (χ2v) is 18.6. The van der Waals surface area contributed by atoms with Crippen molar-refractivity contribution in [1.82, 2.24) is 38.6 Å². The lowest BCUT2D eigenvalue weighted by Gasteiger charge is -2.16. The maximum atomic E-state index is 11.6. The Morgan fingerprint density at radius 1 is 0.667 bits per heavy atom. The van der Waals surface area contributed by atoms with Crippen LogP contribution in [0.1, 0.15) is 18.7 Å². The Balaban J connectivity index is 0.000000199. The summed E-state index contributed by atoms with van der Waals surface area (Å²) in [7, 11) is -17.6. The summed E-state index contributed by atoms with van der Waals surface area (Å²) in [6.45, 7) is -1.48. The molecule has 15 N–H and O–H groups in total. The molecule has 7 rings (SSSR count). The van der Waals surface area contributed by atoms with Crippen LogP contribution < -0.4 is 28.4 Å². The Morgan fingerprint density at radius 2 is 1.16 bits per heavy atom. The zero-order valence-corrected chi connectivity index (χ0v) is 38.5. The number of aliphatic hydroxyl groups is 6. The molecule has 17 atom stereocenters. The summed E-state index contributed by atoms with van der Waals surface area (Å²) in [5.41, 5.74) is 9.31. The number of nitrogens with one attached hydrogen (secondary N) is 1. The van der Waals surface area contributed by atoms with Crippen molar-refractivity contribution in [3.05, 3.63) is 68.5 Å². The second kappa shape index (κ2) is 24.2. The zero-order chi connectivity index (χ0) is 51.1. The van der Waals surface area contributed by atoms with E-state index in [-0.39, 0.29) is 22.8 Å². The molecule has 3 aliphatic heterocycles. The highest BCUT2D eigenvalue weighted by molar-refractivity contribution is 7.61. The summed E-state index contributed by atoms with van der Waals surface area (Å²) >= 11 is 0. The van der Waals surface area contributed by atoms with E-state index in [0.29, 0.717) is 0 Å². The third kappa shape index (κ3) is 14.4. The van der Waals surface area contributed by atoms with Crippen LogP contribution in [0.25, 0.3) is 11.2 Å². The zero-order valence-electron chi connectivity index (χ0n) is 34.0. The van der Waals surface area contributed by atoms with Crippen LogP contribution in [0, 0.1) is 0 Å². The number of aromatic amines is 1. The number of nitrogens with zero attached hydrogens (tertiary/aromatic N) is 7. The molecule has 7 heterocycles. The van der Waals surface area contributed by atoms with Gasteiger partial charge in [0.05, 0.1) is 6.33 Å². The highest BCUT2D eigenvalue weighted by atomic mass is 31.3. The van der Waals surface area contributed by atoms with Crippen LogP contribution in [0.3, 0.4) is 0 Å². The van der Waals surface area contributed by atoms with E-state index in [1.54, 1.807) is 0 Å². The van der Waals surface area contributed by atoms with Crippen LogP contribution in [0.5, 0.6) is 0 Å². The van der Waals surface area contributed by atoms with Gasteiger partial charge in [-0.15, -0.1) is 28.3 Å². The number of nitrogen functional groups attached to an aromatic ring is 2.